The Kier molecular flexibility index (Phi) is 75.3. The number of aliphatic hydroxyl groups excluding tert-OH is 1. The molecule has 0 heterocycles. The van der Waals surface area contributed by atoms with Crippen LogP contribution in [0, 0.1) is 23.7 Å². The smallest absolute Gasteiger partial charge is 0.462 e. The van der Waals surface area contributed by atoms with Crippen molar-refractivity contribution < 1.29 is 80.2 Å². The first-order valence-electron chi connectivity index (χ1n) is 45.3. The molecular weight excluding hydrogens is 1390 g/mol. The summed E-state index contributed by atoms with van der Waals surface area (Å²) in [6.07, 6.45) is 66.8. The maximum absolute atomic E-state index is 13.1. The topological polar surface area (TPSA) is 237 Å². The Hall–Kier alpha value is -1.94. The second-order valence-corrected chi connectivity index (χ2v) is 35.7. The molecule has 0 rings (SSSR count). The van der Waals surface area contributed by atoms with Crippen LogP contribution in [-0.2, 0) is 65.4 Å². The number of phosphoric acid groups is 2. The van der Waals surface area contributed by atoms with Crippen molar-refractivity contribution in [3.63, 3.8) is 0 Å². The molecule has 0 aliphatic carbocycles. The van der Waals surface area contributed by atoms with E-state index >= 15 is 0 Å². The summed E-state index contributed by atoms with van der Waals surface area (Å²) in [5.41, 5.74) is 0. The molecule has 0 aromatic rings. The number of unbranched alkanes of at least 4 members (excludes halogenated alkanes) is 48. The van der Waals surface area contributed by atoms with E-state index in [2.05, 4.69) is 55.4 Å². The van der Waals surface area contributed by atoms with Crippen LogP contribution in [0.4, 0.5) is 0 Å². The lowest BCUT2D eigenvalue weighted by molar-refractivity contribution is -0.161. The highest BCUT2D eigenvalue weighted by Crippen LogP contribution is 2.45. The molecule has 0 fully saturated rings. The zero-order valence-corrected chi connectivity index (χ0v) is 72.6. The van der Waals surface area contributed by atoms with Crippen molar-refractivity contribution in [2.75, 3.05) is 39.6 Å². The van der Waals surface area contributed by atoms with Crippen molar-refractivity contribution in [1.29, 1.82) is 0 Å². The minimum atomic E-state index is -4.97. The first-order chi connectivity index (χ1) is 51.7. The lowest BCUT2D eigenvalue weighted by atomic mass is 9.99. The van der Waals surface area contributed by atoms with Gasteiger partial charge < -0.3 is 33.8 Å². The van der Waals surface area contributed by atoms with Crippen molar-refractivity contribution in [2.24, 2.45) is 23.7 Å². The SMILES string of the molecule is CCC(C)CCCCCCCCCCCCCCCCCCCCC(=O)OC[C@H](COP(=O)(O)OC[C@@H](O)COP(=O)(O)OC[C@@H](COC(=O)CCCCCCCCC(C)C)OC(=O)CCCCCCCCCCCCCCCCCCCCC(C)CC)OC(=O)CCCCCCCCCCCCC(C)CC. The fourth-order valence-corrected chi connectivity index (χ4v) is 15.2. The molecule has 0 aliphatic heterocycles. The number of hydrogen-bond acceptors (Lipinski definition) is 15. The summed E-state index contributed by atoms with van der Waals surface area (Å²) in [6.45, 7) is 14.4. The highest BCUT2D eigenvalue weighted by Gasteiger charge is 2.31. The number of carbonyl (C=O) groups is 4. The highest BCUT2D eigenvalue weighted by molar-refractivity contribution is 7.47. The monoisotopic (exact) mass is 1560 g/mol. The summed E-state index contributed by atoms with van der Waals surface area (Å²) in [4.78, 5) is 73.2. The number of carbonyl (C=O) groups excluding carboxylic acids is 4. The van der Waals surface area contributed by atoms with Crippen LogP contribution >= 0.6 is 15.6 Å². The molecule has 0 saturated carbocycles. The van der Waals surface area contributed by atoms with Crippen molar-refractivity contribution in [2.45, 2.75) is 478 Å². The Morgan fingerprint density at radius 1 is 0.262 bits per heavy atom. The summed E-state index contributed by atoms with van der Waals surface area (Å²) in [7, 11) is -9.93. The summed E-state index contributed by atoms with van der Waals surface area (Å²) >= 11 is 0. The van der Waals surface area contributed by atoms with E-state index in [0.717, 1.165) is 114 Å². The van der Waals surface area contributed by atoms with E-state index in [4.69, 9.17) is 37.0 Å². The number of phosphoric ester groups is 2. The number of esters is 4. The normalized spacial score (nSPS) is 14.7. The molecule has 19 heteroatoms. The van der Waals surface area contributed by atoms with Gasteiger partial charge in [0.15, 0.2) is 12.2 Å². The molecule has 0 radical (unpaired) electrons. The molecule has 0 saturated heterocycles. The number of aliphatic hydroxyl groups is 1. The predicted octanol–water partition coefficient (Wildman–Crippen LogP) is 26.7. The third kappa shape index (κ3) is 77.8. The summed E-state index contributed by atoms with van der Waals surface area (Å²) < 4.78 is 68.9. The van der Waals surface area contributed by atoms with Crippen molar-refractivity contribution in [1.82, 2.24) is 0 Å². The Balaban J connectivity index is 5.15. The lowest BCUT2D eigenvalue weighted by Crippen LogP contribution is -2.30. The second-order valence-electron chi connectivity index (χ2n) is 32.8. The molecule has 0 aliphatic rings. The molecule has 17 nitrogen and oxygen atoms in total. The van der Waals surface area contributed by atoms with Crippen LogP contribution < -0.4 is 0 Å². The first kappa shape index (κ1) is 105. The number of rotatable bonds is 85. The summed E-state index contributed by atoms with van der Waals surface area (Å²) in [5.74, 6) is 1.12. The van der Waals surface area contributed by atoms with E-state index in [9.17, 15) is 43.2 Å². The summed E-state index contributed by atoms with van der Waals surface area (Å²) in [6, 6.07) is 0. The minimum Gasteiger partial charge on any atom is -0.462 e. The quantitative estimate of drug-likeness (QED) is 0.0222. The van der Waals surface area contributed by atoms with Gasteiger partial charge in [-0.25, -0.2) is 9.13 Å². The lowest BCUT2D eigenvalue weighted by Gasteiger charge is -2.21. The van der Waals surface area contributed by atoms with E-state index in [0.29, 0.717) is 31.6 Å². The van der Waals surface area contributed by atoms with E-state index in [1.54, 1.807) is 0 Å². The van der Waals surface area contributed by atoms with Crippen LogP contribution in [0.2, 0.25) is 0 Å². The van der Waals surface area contributed by atoms with Crippen molar-refractivity contribution >= 4 is 39.5 Å². The third-order valence-corrected chi connectivity index (χ3v) is 23.6. The first-order valence-corrected chi connectivity index (χ1v) is 48.3. The molecule has 107 heavy (non-hydrogen) atoms. The maximum atomic E-state index is 13.1. The van der Waals surface area contributed by atoms with E-state index in [1.807, 2.05) is 0 Å². The Bertz CT molecular complexity index is 2080. The van der Waals surface area contributed by atoms with Gasteiger partial charge in [-0.05, 0) is 49.4 Å². The van der Waals surface area contributed by atoms with Gasteiger partial charge in [0.05, 0.1) is 26.4 Å². The van der Waals surface area contributed by atoms with Gasteiger partial charge in [-0.1, -0.05) is 409 Å². The van der Waals surface area contributed by atoms with Crippen molar-refractivity contribution in [3.05, 3.63) is 0 Å². The van der Waals surface area contributed by atoms with Gasteiger partial charge >= 0.3 is 39.5 Å². The molecular formula is C88H172O17P2. The van der Waals surface area contributed by atoms with Gasteiger partial charge in [-0.3, -0.25) is 37.3 Å². The van der Waals surface area contributed by atoms with Crippen LogP contribution in [0.5, 0.6) is 0 Å². The standard InChI is InChI=1S/C88H172O17P2/c1-9-79(6)65-57-49-40-34-28-24-20-16-12-14-18-22-26-30-37-43-52-60-68-85(90)98-74-83(104-88(93)71-63-55-45-39-33-32-36-42-51-59-67-81(8)11-3)76-102-106(94,95)100-72-82(89)73-101-107(96,97)103-77-84(75-99-86(91)69-61-53-47-46-48-56-64-78(4)5)105-87(92)70-62-54-44-38-31-27-23-19-15-13-17-21-25-29-35-41-50-58-66-80(7)10-2/h78-84,89H,9-77H2,1-8H3,(H,94,95)(H,96,97)/t79?,80?,81?,82-,83-,84-/m1/s1. The van der Waals surface area contributed by atoms with Crippen molar-refractivity contribution in [3.8, 4) is 0 Å². The van der Waals surface area contributed by atoms with E-state index in [-0.39, 0.29) is 25.7 Å². The molecule has 0 aromatic heterocycles. The molecule has 0 bridgehead atoms. The molecule has 5 unspecified atom stereocenters. The van der Waals surface area contributed by atoms with Gasteiger partial charge in [0, 0.05) is 25.7 Å². The Morgan fingerprint density at radius 3 is 0.664 bits per heavy atom. The highest BCUT2D eigenvalue weighted by atomic mass is 31.2. The van der Waals surface area contributed by atoms with Crippen LogP contribution in [-0.4, -0.2) is 96.7 Å². The summed E-state index contributed by atoms with van der Waals surface area (Å²) in [5, 5.41) is 10.7. The van der Waals surface area contributed by atoms with Gasteiger partial charge in [-0.2, -0.15) is 0 Å². The van der Waals surface area contributed by atoms with Gasteiger partial charge in [0.2, 0.25) is 0 Å². The number of ether oxygens (including phenoxy) is 4. The fourth-order valence-electron chi connectivity index (χ4n) is 13.6. The zero-order chi connectivity index (χ0) is 78.8. The minimum absolute atomic E-state index is 0.107. The van der Waals surface area contributed by atoms with Gasteiger partial charge in [-0.15, -0.1) is 0 Å². The average Bonchev–Trinajstić information content (AvgIpc) is 0.901. The van der Waals surface area contributed by atoms with Crippen LogP contribution in [0.3, 0.4) is 0 Å². The van der Waals surface area contributed by atoms with Crippen LogP contribution in [0.25, 0.3) is 0 Å². The van der Waals surface area contributed by atoms with Crippen LogP contribution in [0.1, 0.15) is 460 Å². The zero-order valence-electron chi connectivity index (χ0n) is 70.8. The molecule has 3 N–H and O–H groups in total. The predicted molar refractivity (Wildman–Crippen MR) is 441 cm³/mol. The molecule has 636 valence electrons. The largest absolute Gasteiger partial charge is 0.472 e. The molecule has 0 amide bonds. The third-order valence-electron chi connectivity index (χ3n) is 21.7. The maximum Gasteiger partial charge on any atom is 0.472 e. The number of hydrogen-bond donors (Lipinski definition) is 3. The Labute approximate surface area is 658 Å². The average molecular weight is 1560 g/mol. The van der Waals surface area contributed by atoms with Gasteiger partial charge in [0.1, 0.15) is 19.3 Å². The van der Waals surface area contributed by atoms with E-state index in [1.165, 1.54) is 257 Å². The Morgan fingerprint density at radius 2 is 0.449 bits per heavy atom. The van der Waals surface area contributed by atoms with Gasteiger partial charge in [0.25, 0.3) is 0 Å². The fraction of sp³-hybridized carbons (Fsp3) is 0.955. The second kappa shape index (κ2) is 76.7. The molecule has 8 atom stereocenters. The molecule has 0 aromatic carbocycles. The van der Waals surface area contributed by atoms with Crippen LogP contribution in [0.15, 0.2) is 0 Å². The molecule has 0 spiro atoms. The van der Waals surface area contributed by atoms with E-state index < -0.39 is 97.5 Å².